The molecule has 0 aromatic heterocycles. The Morgan fingerprint density at radius 2 is 1.63 bits per heavy atom. The van der Waals surface area contributed by atoms with Gasteiger partial charge in [0.15, 0.2) is 0 Å². The first-order valence-corrected chi connectivity index (χ1v) is 9.38. The maximum atomic E-state index is 12.3. The zero-order chi connectivity index (χ0) is 22.1. The van der Waals surface area contributed by atoms with Crippen molar-refractivity contribution in [1.29, 1.82) is 0 Å². The number of methoxy groups -OCH3 is 1. The van der Waals surface area contributed by atoms with Gasteiger partial charge in [-0.05, 0) is 43.3 Å². The minimum absolute atomic E-state index is 0.0156. The fourth-order valence-corrected chi connectivity index (χ4v) is 2.59. The average molecular weight is 413 g/mol. The van der Waals surface area contributed by atoms with E-state index in [-0.39, 0.29) is 25.0 Å². The number of anilines is 1. The van der Waals surface area contributed by atoms with Gasteiger partial charge in [0.2, 0.25) is 5.91 Å². The Bertz CT molecular complexity index is 868. The number of ether oxygens (including phenoxy) is 2. The lowest BCUT2D eigenvalue weighted by Crippen LogP contribution is -2.56. The third kappa shape index (κ3) is 6.31. The minimum atomic E-state index is -1.22. The molecule has 1 unspecified atom stereocenters. The van der Waals surface area contributed by atoms with Crippen molar-refractivity contribution in [2.75, 3.05) is 39.7 Å². The fourth-order valence-electron chi connectivity index (χ4n) is 2.59. The number of carbonyl (C=O) groups is 3. The molecular formula is C22H27N3O5. The predicted molar refractivity (Wildman–Crippen MR) is 113 cm³/mol. The van der Waals surface area contributed by atoms with Gasteiger partial charge in [0, 0.05) is 25.3 Å². The van der Waals surface area contributed by atoms with Crippen LogP contribution in [0.4, 0.5) is 5.69 Å². The molecule has 2 amide bonds. The summed E-state index contributed by atoms with van der Waals surface area (Å²) in [5.41, 5.74) is -0.158. The Labute approximate surface area is 176 Å². The van der Waals surface area contributed by atoms with Gasteiger partial charge < -0.3 is 19.7 Å². The van der Waals surface area contributed by atoms with Gasteiger partial charge in [-0.3, -0.25) is 14.9 Å². The van der Waals surface area contributed by atoms with Crippen LogP contribution in [0, 0.1) is 0 Å². The van der Waals surface area contributed by atoms with Crippen LogP contribution in [0.1, 0.15) is 17.3 Å². The molecule has 1 atom stereocenters. The second-order valence-electron chi connectivity index (χ2n) is 7.10. The van der Waals surface area contributed by atoms with Crippen molar-refractivity contribution < 1.29 is 23.9 Å². The Balaban J connectivity index is 1.95. The summed E-state index contributed by atoms with van der Waals surface area (Å²) in [6.07, 6.45) is 0. The van der Waals surface area contributed by atoms with E-state index in [1.165, 1.54) is 12.0 Å². The molecule has 8 heteroatoms. The van der Waals surface area contributed by atoms with Crippen molar-refractivity contribution in [3.63, 3.8) is 0 Å². The average Bonchev–Trinajstić information content (AvgIpc) is 2.76. The summed E-state index contributed by atoms with van der Waals surface area (Å²) in [4.78, 5) is 38.0. The van der Waals surface area contributed by atoms with Crippen LogP contribution in [0.2, 0.25) is 0 Å². The number of amides is 2. The van der Waals surface area contributed by atoms with Gasteiger partial charge in [-0.25, -0.2) is 4.79 Å². The number of rotatable bonds is 9. The number of para-hydroxylation sites is 1. The van der Waals surface area contributed by atoms with E-state index in [2.05, 4.69) is 10.6 Å². The molecule has 0 saturated heterocycles. The molecule has 0 aliphatic carbocycles. The number of nitrogens with zero attached hydrogens (tertiary/aromatic N) is 1. The van der Waals surface area contributed by atoms with Gasteiger partial charge >= 0.3 is 5.97 Å². The normalized spacial score (nSPS) is 12.4. The number of nitrogens with one attached hydrogen (secondary N) is 2. The van der Waals surface area contributed by atoms with Gasteiger partial charge in [-0.1, -0.05) is 18.2 Å². The van der Waals surface area contributed by atoms with Crippen molar-refractivity contribution in [2.24, 2.45) is 0 Å². The molecule has 0 radical (unpaired) electrons. The third-order valence-electron chi connectivity index (χ3n) is 4.37. The lowest BCUT2D eigenvalue weighted by molar-refractivity contribution is -0.149. The summed E-state index contributed by atoms with van der Waals surface area (Å²) in [6.45, 7) is 1.46. The lowest BCUT2D eigenvalue weighted by Gasteiger charge is -2.27. The van der Waals surface area contributed by atoms with E-state index in [1.807, 2.05) is 18.2 Å². The third-order valence-corrected chi connectivity index (χ3v) is 4.37. The quantitative estimate of drug-likeness (QED) is 0.610. The molecule has 0 heterocycles. The minimum Gasteiger partial charge on any atom is -0.491 e. The zero-order valence-corrected chi connectivity index (χ0v) is 17.6. The van der Waals surface area contributed by atoms with Crippen LogP contribution < -0.4 is 15.4 Å². The van der Waals surface area contributed by atoms with Crippen LogP contribution in [0.25, 0.3) is 0 Å². The molecule has 0 aliphatic rings. The topological polar surface area (TPSA) is 97.0 Å². The highest BCUT2D eigenvalue weighted by atomic mass is 16.5. The Kier molecular flexibility index (Phi) is 7.94. The molecular weight excluding hydrogens is 386 g/mol. The van der Waals surface area contributed by atoms with Crippen LogP contribution in [0.5, 0.6) is 5.75 Å². The van der Waals surface area contributed by atoms with E-state index in [0.717, 1.165) is 0 Å². The van der Waals surface area contributed by atoms with E-state index in [9.17, 15) is 14.4 Å². The van der Waals surface area contributed by atoms with E-state index in [0.29, 0.717) is 17.0 Å². The fraction of sp³-hybridized carbons (Fsp3) is 0.318. The molecule has 30 heavy (non-hydrogen) atoms. The lowest BCUT2D eigenvalue weighted by atomic mass is 10.0. The van der Waals surface area contributed by atoms with Gasteiger partial charge in [-0.2, -0.15) is 0 Å². The summed E-state index contributed by atoms with van der Waals surface area (Å²) in [7, 11) is 4.62. The van der Waals surface area contributed by atoms with Crippen molar-refractivity contribution in [3.8, 4) is 5.75 Å². The molecule has 2 N–H and O–H groups in total. The van der Waals surface area contributed by atoms with E-state index in [4.69, 9.17) is 9.47 Å². The SMILES string of the molecule is COC(=O)C(C)(COc1ccccc1)NCC(=O)Nc1ccc(C(=O)N(C)C)cc1. The number of benzene rings is 2. The monoisotopic (exact) mass is 413 g/mol. The largest absolute Gasteiger partial charge is 0.491 e. The van der Waals surface area contributed by atoms with Crippen LogP contribution >= 0.6 is 0 Å². The first-order chi connectivity index (χ1) is 14.2. The van der Waals surface area contributed by atoms with Gasteiger partial charge in [0.1, 0.15) is 17.9 Å². The molecule has 0 aliphatic heterocycles. The number of hydrogen-bond acceptors (Lipinski definition) is 6. The van der Waals surface area contributed by atoms with Gasteiger partial charge in [-0.15, -0.1) is 0 Å². The smallest absolute Gasteiger partial charge is 0.329 e. The Morgan fingerprint density at radius 1 is 1.00 bits per heavy atom. The summed E-state index contributed by atoms with van der Waals surface area (Å²) in [5, 5.41) is 5.63. The van der Waals surface area contributed by atoms with Crippen LogP contribution in [-0.4, -0.2) is 62.6 Å². The zero-order valence-electron chi connectivity index (χ0n) is 17.6. The molecule has 8 nitrogen and oxygen atoms in total. The van der Waals surface area contributed by atoms with Crippen molar-refractivity contribution in [3.05, 3.63) is 60.2 Å². The molecule has 2 aromatic rings. The van der Waals surface area contributed by atoms with E-state index < -0.39 is 11.5 Å². The first kappa shape index (κ1) is 22.9. The van der Waals surface area contributed by atoms with Crippen LogP contribution in [0.15, 0.2) is 54.6 Å². The molecule has 2 rings (SSSR count). The highest BCUT2D eigenvalue weighted by Crippen LogP contribution is 2.14. The standard InChI is InChI=1S/C22H27N3O5/c1-22(21(28)29-4,15-30-18-8-6-5-7-9-18)23-14-19(26)24-17-12-10-16(11-13-17)20(27)25(2)3/h5-13,23H,14-15H2,1-4H3,(H,24,26). The second-order valence-corrected chi connectivity index (χ2v) is 7.10. The van der Waals surface area contributed by atoms with Crippen molar-refractivity contribution in [1.82, 2.24) is 10.2 Å². The highest BCUT2D eigenvalue weighted by Gasteiger charge is 2.35. The molecule has 0 bridgehead atoms. The Hall–Kier alpha value is -3.39. The summed E-state index contributed by atoms with van der Waals surface area (Å²) < 4.78 is 10.5. The van der Waals surface area contributed by atoms with Gasteiger partial charge in [0.05, 0.1) is 13.7 Å². The van der Waals surface area contributed by atoms with Crippen molar-refractivity contribution >= 4 is 23.5 Å². The van der Waals surface area contributed by atoms with Crippen LogP contribution in [-0.2, 0) is 14.3 Å². The Morgan fingerprint density at radius 3 is 2.20 bits per heavy atom. The van der Waals surface area contributed by atoms with Crippen molar-refractivity contribution in [2.45, 2.75) is 12.5 Å². The summed E-state index contributed by atoms with van der Waals surface area (Å²) >= 11 is 0. The maximum absolute atomic E-state index is 12.3. The van der Waals surface area contributed by atoms with E-state index >= 15 is 0 Å². The number of esters is 1. The molecule has 160 valence electrons. The molecule has 2 aromatic carbocycles. The summed E-state index contributed by atoms with van der Waals surface area (Å²) in [6, 6.07) is 15.6. The predicted octanol–water partition coefficient (Wildman–Crippen LogP) is 1.93. The molecule has 0 saturated carbocycles. The molecule has 0 spiro atoms. The highest BCUT2D eigenvalue weighted by molar-refractivity contribution is 5.96. The number of carbonyl (C=O) groups excluding carboxylic acids is 3. The second kappa shape index (κ2) is 10.4. The summed E-state index contributed by atoms with van der Waals surface area (Å²) in [5.74, 6) is -0.414. The number of hydrogen-bond donors (Lipinski definition) is 2. The maximum Gasteiger partial charge on any atom is 0.329 e. The van der Waals surface area contributed by atoms with Gasteiger partial charge in [0.25, 0.3) is 5.91 Å². The molecule has 0 fully saturated rings. The van der Waals surface area contributed by atoms with E-state index in [1.54, 1.807) is 57.4 Å². The van der Waals surface area contributed by atoms with Crippen LogP contribution in [0.3, 0.4) is 0 Å². The first-order valence-electron chi connectivity index (χ1n) is 9.38.